The van der Waals surface area contributed by atoms with Gasteiger partial charge in [-0.05, 0) is 12.0 Å². The third kappa shape index (κ3) is 2.20. The topological polar surface area (TPSA) is 45.5 Å². The maximum Gasteiger partial charge on any atom is 0.256 e. The number of amides is 1. The quantitative estimate of drug-likeness (QED) is 0.930. The SMILES string of the molecule is CC(C)Cn1cc(C(=O)N2CC(O)C2)c2ccccc21. The number of likely N-dealkylation sites (tertiary alicyclic amines) is 1. The van der Waals surface area contributed by atoms with E-state index in [2.05, 4.69) is 24.5 Å². The first kappa shape index (κ1) is 13.2. The zero-order chi connectivity index (χ0) is 14.3. The van der Waals surface area contributed by atoms with Crippen molar-refractivity contribution in [2.75, 3.05) is 13.1 Å². The number of aromatic nitrogens is 1. The lowest BCUT2D eigenvalue weighted by Crippen LogP contribution is -2.53. The fraction of sp³-hybridized carbons (Fsp3) is 0.438. The summed E-state index contributed by atoms with van der Waals surface area (Å²) < 4.78 is 2.16. The van der Waals surface area contributed by atoms with Gasteiger partial charge in [-0.15, -0.1) is 0 Å². The predicted molar refractivity (Wildman–Crippen MR) is 78.7 cm³/mol. The van der Waals surface area contributed by atoms with Crippen molar-refractivity contribution in [3.63, 3.8) is 0 Å². The number of nitrogens with zero attached hydrogens (tertiary/aromatic N) is 2. The molecule has 1 aliphatic rings. The number of rotatable bonds is 3. The lowest BCUT2D eigenvalue weighted by molar-refractivity contribution is 0.00601. The first-order valence-corrected chi connectivity index (χ1v) is 7.11. The molecule has 0 saturated carbocycles. The lowest BCUT2D eigenvalue weighted by atomic mass is 10.1. The molecule has 0 bridgehead atoms. The second-order valence-corrected chi connectivity index (χ2v) is 5.97. The molecule has 106 valence electrons. The Labute approximate surface area is 118 Å². The molecule has 0 spiro atoms. The van der Waals surface area contributed by atoms with E-state index in [0.29, 0.717) is 19.0 Å². The van der Waals surface area contributed by atoms with Crippen molar-refractivity contribution in [3.05, 3.63) is 36.0 Å². The van der Waals surface area contributed by atoms with Crippen molar-refractivity contribution in [3.8, 4) is 0 Å². The first-order chi connectivity index (χ1) is 9.56. The highest BCUT2D eigenvalue weighted by Gasteiger charge is 2.31. The summed E-state index contributed by atoms with van der Waals surface area (Å²) in [5, 5.41) is 10.4. The molecule has 3 rings (SSSR count). The molecule has 1 fully saturated rings. The van der Waals surface area contributed by atoms with E-state index in [1.165, 1.54) is 0 Å². The Morgan fingerprint density at radius 3 is 2.70 bits per heavy atom. The van der Waals surface area contributed by atoms with Crippen LogP contribution in [0.5, 0.6) is 0 Å². The Morgan fingerprint density at radius 2 is 2.05 bits per heavy atom. The number of aliphatic hydroxyl groups excluding tert-OH is 1. The summed E-state index contributed by atoms with van der Waals surface area (Å²) in [6, 6.07) is 8.01. The van der Waals surface area contributed by atoms with E-state index in [1.54, 1.807) is 4.90 Å². The van der Waals surface area contributed by atoms with Crippen LogP contribution < -0.4 is 0 Å². The molecular formula is C16H20N2O2. The van der Waals surface area contributed by atoms with Gasteiger partial charge in [0, 0.05) is 36.7 Å². The standard InChI is InChI=1S/C16H20N2O2/c1-11(2)7-17-10-14(13-5-3-4-6-15(13)17)16(20)18-8-12(19)9-18/h3-6,10-12,19H,7-9H2,1-2H3. The summed E-state index contributed by atoms with van der Waals surface area (Å²) in [5.41, 5.74) is 1.85. The summed E-state index contributed by atoms with van der Waals surface area (Å²) in [6.45, 7) is 6.13. The molecule has 1 aromatic heterocycles. The molecule has 0 atom stereocenters. The van der Waals surface area contributed by atoms with Crippen molar-refractivity contribution in [2.24, 2.45) is 5.92 Å². The van der Waals surface area contributed by atoms with Gasteiger partial charge in [0.05, 0.1) is 11.7 Å². The van der Waals surface area contributed by atoms with Gasteiger partial charge in [-0.1, -0.05) is 32.0 Å². The average Bonchev–Trinajstić information content (AvgIpc) is 2.73. The molecule has 1 aromatic carbocycles. The number of β-amino-alcohol motifs (C(OH)–C–C–N with tert-alkyl or cyclic N) is 1. The Bertz CT molecular complexity index is 639. The van der Waals surface area contributed by atoms with Gasteiger partial charge in [-0.25, -0.2) is 0 Å². The fourth-order valence-electron chi connectivity index (χ4n) is 2.75. The molecule has 20 heavy (non-hydrogen) atoms. The van der Waals surface area contributed by atoms with E-state index < -0.39 is 0 Å². The number of hydrogen-bond acceptors (Lipinski definition) is 2. The number of benzene rings is 1. The third-order valence-electron chi connectivity index (χ3n) is 3.73. The molecular weight excluding hydrogens is 252 g/mol. The van der Waals surface area contributed by atoms with Gasteiger partial charge in [-0.2, -0.15) is 0 Å². The predicted octanol–water partition coefficient (Wildman–Crippen LogP) is 2.11. The zero-order valence-electron chi connectivity index (χ0n) is 11.9. The summed E-state index contributed by atoms with van der Waals surface area (Å²) >= 11 is 0. The van der Waals surface area contributed by atoms with Gasteiger partial charge in [0.1, 0.15) is 0 Å². The molecule has 1 aliphatic heterocycles. The van der Waals surface area contributed by atoms with Crippen LogP contribution in [-0.2, 0) is 6.54 Å². The highest BCUT2D eigenvalue weighted by Crippen LogP contribution is 2.25. The first-order valence-electron chi connectivity index (χ1n) is 7.11. The molecule has 0 unspecified atom stereocenters. The van der Waals surface area contributed by atoms with E-state index in [1.807, 2.05) is 24.4 Å². The summed E-state index contributed by atoms with van der Waals surface area (Å²) in [4.78, 5) is 14.2. The highest BCUT2D eigenvalue weighted by atomic mass is 16.3. The van der Waals surface area contributed by atoms with E-state index in [-0.39, 0.29) is 12.0 Å². The Balaban J connectivity index is 2.00. The van der Waals surface area contributed by atoms with Gasteiger partial charge < -0.3 is 14.6 Å². The zero-order valence-corrected chi connectivity index (χ0v) is 11.9. The minimum Gasteiger partial charge on any atom is -0.389 e. The second kappa shape index (κ2) is 4.94. The van der Waals surface area contributed by atoms with Crippen LogP contribution in [0, 0.1) is 5.92 Å². The van der Waals surface area contributed by atoms with Crippen LogP contribution in [0.1, 0.15) is 24.2 Å². The van der Waals surface area contributed by atoms with Crippen LogP contribution in [-0.4, -0.2) is 39.7 Å². The van der Waals surface area contributed by atoms with Gasteiger partial charge in [0.2, 0.25) is 0 Å². The minimum absolute atomic E-state index is 0.0222. The minimum atomic E-state index is -0.358. The monoisotopic (exact) mass is 272 g/mol. The Kier molecular flexibility index (Phi) is 3.26. The van der Waals surface area contributed by atoms with Gasteiger partial charge in [0.15, 0.2) is 0 Å². The number of hydrogen-bond donors (Lipinski definition) is 1. The number of aliphatic hydroxyl groups is 1. The fourth-order valence-corrected chi connectivity index (χ4v) is 2.75. The summed E-state index contributed by atoms with van der Waals surface area (Å²) in [5.74, 6) is 0.550. The van der Waals surface area contributed by atoms with Crippen LogP contribution in [0.2, 0.25) is 0 Å². The van der Waals surface area contributed by atoms with E-state index in [4.69, 9.17) is 0 Å². The van der Waals surface area contributed by atoms with Crippen LogP contribution in [0.4, 0.5) is 0 Å². The normalized spacial score (nSPS) is 15.9. The largest absolute Gasteiger partial charge is 0.389 e. The molecule has 1 saturated heterocycles. The Morgan fingerprint density at radius 1 is 1.35 bits per heavy atom. The molecule has 4 heteroatoms. The van der Waals surface area contributed by atoms with Crippen molar-refractivity contribution in [1.82, 2.24) is 9.47 Å². The van der Waals surface area contributed by atoms with Crippen LogP contribution >= 0.6 is 0 Å². The molecule has 4 nitrogen and oxygen atoms in total. The molecule has 0 radical (unpaired) electrons. The maximum absolute atomic E-state index is 12.5. The number of para-hydroxylation sites is 1. The molecule has 1 N–H and O–H groups in total. The molecule has 1 amide bonds. The molecule has 0 aliphatic carbocycles. The van der Waals surface area contributed by atoms with Crippen molar-refractivity contribution >= 4 is 16.8 Å². The molecule has 2 aromatic rings. The van der Waals surface area contributed by atoms with Crippen LogP contribution in [0.15, 0.2) is 30.5 Å². The summed E-state index contributed by atoms with van der Waals surface area (Å²) in [7, 11) is 0. The van der Waals surface area contributed by atoms with Crippen molar-refractivity contribution in [2.45, 2.75) is 26.5 Å². The second-order valence-electron chi connectivity index (χ2n) is 5.97. The highest BCUT2D eigenvalue weighted by molar-refractivity contribution is 6.07. The lowest BCUT2D eigenvalue weighted by Gasteiger charge is -2.35. The van der Waals surface area contributed by atoms with E-state index in [0.717, 1.165) is 23.0 Å². The van der Waals surface area contributed by atoms with Gasteiger partial charge in [0.25, 0.3) is 5.91 Å². The third-order valence-corrected chi connectivity index (χ3v) is 3.73. The Hall–Kier alpha value is -1.81. The number of carbonyl (C=O) groups is 1. The van der Waals surface area contributed by atoms with Crippen LogP contribution in [0.25, 0.3) is 10.9 Å². The van der Waals surface area contributed by atoms with Crippen LogP contribution in [0.3, 0.4) is 0 Å². The maximum atomic E-state index is 12.5. The van der Waals surface area contributed by atoms with Crippen molar-refractivity contribution < 1.29 is 9.90 Å². The summed E-state index contributed by atoms with van der Waals surface area (Å²) in [6.07, 6.45) is 1.60. The van der Waals surface area contributed by atoms with Gasteiger partial charge >= 0.3 is 0 Å². The number of fused-ring (bicyclic) bond motifs is 1. The molecule has 2 heterocycles. The van der Waals surface area contributed by atoms with Gasteiger partial charge in [-0.3, -0.25) is 4.79 Å². The smallest absolute Gasteiger partial charge is 0.256 e. The number of carbonyl (C=O) groups excluding carboxylic acids is 1. The van der Waals surface area contributed by atoms with E-state index in [9.17, 15) is 9.90 Å². The van der Waals surface area contributed by atoms with Crippen molar-refractivity contribution in [1.29, 1.82) is 0 Å². The van der Waals surface area contributed by atoms with E-state index >= 15 is 0 Å². The average molecular weight is 272 g/mol.